The van der Waals surface area contributed by atoms with Gasteiger partial charge in [-0.05, 0) is 31.2 Å². The fourth-order valence-electron chi connectivity index (χ4n) is 2.53. The molecule has 1 fully saturated rings. The Hall–Kier alpha value is -0.640. The molecular weight excluding hydrogens is 202 g/mol. The summed E-state index contributed by atoms with van der Waals surface area (Å²) in [5, 5.41) is 3.03. The number of hydrazine groups is 1. The molecule has 0 aromatic carbocycles. The van der Waals surface area contributed by atoms with Gasteiger partial charge < -0.3 is 0 Å². The molecule has 0 radical (unpaired) electrons. The summed E-state index contributed by atoms with van der Waals surface area (Å²) in [6.07, 6.45) is 5.07. The van der Waals surface area contributed by atoms with Gasteiger partial charge in [0.05, 0.1) is 10.9 Å². The van der Waals surface area contributed by atoms with Gasteiger partial charge in [0.25, 0.3) is 6.67 Å². The standard InChI is InChI=1S/C12H26N3O/c1-4-13-9-15(16)14-12-10(2)7-5-6-8-11(12)3/h10-13H,4-9H2,1-3H3,(H,14,16)/q+1. The van der Waals surface area contributed by atoms with Crippen molar-refractivity contribution in [3.05, 3.63) is 4.91 Å². The Labute approximate surface area is 98.7 Å². The Morgan fingerprint density at radius 1 is 1.19 bits per heavy atom. The second-order valence-electron chi connectivity index (χ2n) is 5.03. The van der Waals surface area contributed by atoms with Crippen molar-refractivity contribution in [2.24, 2.45) is 11.8 Å². The van der Waals surface area contributed by atoms with E-state index in [2.05, 4.69) is 24.6 Å². The molecule has 0 aliphatic heterocycles. The fourth-order valence-corrected chi connectivity index (χ4v) is 2.53. The Morgan fingerprint density at radius 3 is 2.25 bits per heavy atom. The van der Waals surface area contributed by atoms with Crippen LogP contribution in [-0.4, -0.2) is 24.1 Å². The van der Waals surface area contributed by atoms with Crippen molar-refractivity contribution in [2.45, 2.75) is 52.5 Å². The third-order valence-electron chi connectivity index (χ3n) is 3.59. The molecule has 4 nitrogen and oxygen atoms in total. The van der Waals surface area contributed by atoms with E-state index in [0.717, 1.165) is 11.4 Å². The number of hydrogen-bond acceptors (Lipinski definition) is 2. The molecule has 94 valence electrons. The molecule has 0 aromatic rings. The molecule has 2 N–H and O–H groups in total. The highest BCUT2D eigenvalue weighted by Gasteiger charge is 2.30. The summed E-state index contributed by atoms with van der Waals surface area (Å²) in [4.78, 5) is 12.6. The lowest BCUT2D eigenvalue weighted by atomic mass is 9.90. The van der Waals surface area contributed by atoms with Gasteiger partial charge in [-0.15, -0.1) is 5.43 Å². The summed E-state index contributed by atoms with van der Waals surface area (Å²) in [6.45, 7) is 7.70. The predicted octanol–water partition coefficient (Wildman–Crippen LogP) is 2.05. The summed E-state index contributed by atoms with van der Waals surface area (Å²) in [7, 11) is 0. The van der Waals surface area contributed by atoms with E-state index in [-0.39, 0.29) is 0 Å². The van der Waals surface area contributed by atoms with Crippen LogP contribution in [0.4, 0.5) is 0 Å². The zero-order valence-corrected chi connectivity index (χ0v) is 10.8. The van der Waals surface area contributed by atoms with Gasteiger partial charge in [-0.1, -0.05) is 33.6 Å². The summed E-state index contributed by atoms with van der Waals surface area (Å²) < 4.78 is 0. The highest BCUT2D eigenvalue weighted by Crippen LogP contribution is 2.27. The molecule has 4 heteroatoms. The van der Waals surface area contributed by atoms with E-state index in [0.29, 0.717) is 24.5 Å². The Kier molecular flexibility index (Phi) is 5.74. The molecule has 0 bridgehead atoms. The largest absolute Gasteiger partial charge is 0.278 e. The fraction of sp³-hybridized carbons (Fsp3) is 1.00. The van der Waals surface area contributed by atoms with Gasteiger partial charge in [-0.25, -0.2) is 0 Å². The highest BCUT2D eigenvalue weighted by molar-refractivity contribution is 4.79. The number of nitrogens with zero attached hydrogens (tertiary/aromatic N) is 1. The maximum Gasteiger partial charge on any atom is 0.278 e. The second-order valence-corrected chi connectivity index (χ2v) is 5.03. The first kappa shape index (κ1) is 13.4. The Morgan fingerprint density at radius 2 is 1.75 bits per heavy atom. The van der Waals surface area contributed by atoms with E-state index in [1.807, 2.05) is 6.92 Å². The minimum atomic E-state index is 0.332. The first-order valence-electron chi connectivity index (χ1n) is 6.56. The van der Waals surface area contributed by atoms with E-state index in [1.54, 1.807) is 0 Å². The van der Waals surface area contributed by atoms with Crippen LogP contribution in [0.3, 0.4) is 0 Å². The maximum absolute atomic E-state index is 11.6. The molecule has 0 spiro atoms. The lowest BCUT2D eigenvalue weighted by Crippen LogP contribution is -2.47. The van der Waals surface area contributed by atoms with Crippen molar-refractivity contribution in [2.75, 3.05) is 13.2 Å². The highest BCUT2D eigenvalue weighted by atomic mass is 16.3. The van der Waals surface area contributed by atoms with Crippen LogP contribution in [0.5, 0.6) is 0 Å². The molecule has 0 amide bonds. The number of rotatable bonds is 5. The number of nitroso groups, excluding NO2 is 1. The molecule has 1 saturated carbocycles. The average Bonchev–Trinajstić information content (AvgIpc) is 2.41. The van der Waals surface area contributed by atoms with E-state index >= 15 is 0 Å². The molecule has 2 atom stereocenters. The minimum Gasteiger partial charge on any atom is -0.256 e. The van der Waals surface area contributed by atoms with Crippen molar-refractivity contribution in [3.63, 3.8) is 0 Å². The van der Waals surface area contributed by atoms with Crippen LogP contribution in [0.1, 0.15) is 46.5 Å². The molecule has 0 saturated heterocycles. The molecule has 1 rings (SSSR count). The normalized spacial score (nSPS) is 30.8. The van der Waals surface area contributed by atoms with E-state index in [9.17, 15) is 4.91 Å². The van der Waals surface area contributed by atoms with Crippen LogP contribution in [-0.2, 0) is 0 Å². The summed E-state index contributed by atoms with van der Waals surface area (Å²) >= 11 is 0. The number of hydrogen-bond donors (Lipinski definition) is 2. The second kappa shape index (κ2) is 6.84. The predicted molar refractivity (Wildman–Crippen MR) is 65.9 cm³/mol. The SMILES string of the molecule is CCNC[N+](=O)NC1C(C)CCCCC1C. The van der Waals surface area contributed by atoms with Crippen LogP contribution in [0.15, 0.2) is 0 Å². The average molecular weight is 228 g/mol. The first-order chi connectivity index (χ1) is 7.65. The van der Waals surface area contributed by atoms with Crippen LogP contribution < -0.4 is 10.7 Å². The van der Waals surface area contributed by atoms with Gasteiger partial charge in [0.2, 0.25) is 0 Å². The van der Waals surface area contributed by atoms with Crippen LogP contribution in [0, 0.1) is 16.7 Å². The third kappa shape index (κ3) is 4.08. The van der Waals surface area contributed by atoms with Gasteiger partial charge in [0.15, 0.2) is 0 Å². The van der Waals surface area contributed by atoms with E-state index in [4.69, 9.17) is 0 Å². The first-order valence-corrected chi connectivity index (χ1v) is 6.56. The Balaban J connectivity index is 2.44. The van der Waals surface area contributed by atoms with Gasteiger partial charge in [0, 0.05) is 0 Å². The van der Waals surface area contributed by atoms with Crippen molar-refractivity contribution in [1.29, 1.82) is 0 Å². The summed E-state index contributed by atoms with van der Waals surface area (Å²) in [5.41, 5.74) is 3.11. The van der Waals surface area contributed by atoms with E-state index < -0.39 is 0 Å². The van der Waals surface area contributed by atoms with Crippen LogP contribution in [0.2, 0.25) is 0 Å². The molecule has 1 aliphatic rings. The molecule has 2 unspecified atom stereocenters. The smallest absolute Gasteiger partial charge is 0.256 e. The van der Waals surface area contributed by atoms with Crippen molar-refractivity contribution in [1.82, 2.24) is 10.7 Å². The lowest BCUT2D eigenvalue weighted by molar-refractivity contribution is -0.619. The van der Waals surface area contributed by atoms with Crippen molar-refractivity contribution >= 4 is 0 Å². The number of nitrogens with one attached hydrogen (secondary N) is 2. The zero-order chi connectivity index (χ0) is 12.0. The molecular formula is C12H26N3O+. The Bertz CT molecular complexity index is 208. The monoisotopic (exact) mass is 228 g/mol. The maximum atomic E-state index is 11.6. The third-order valence-corrected chi connectivity index (χ3v) is 3.59. The van der Waals surface area contributed by atoms with Gasteiger partial charge in [-0.3, -0.25) is 5.32 Å². The topological polar surface area (TPSA) is 44.1 Å². The molecule has 1 aliphatic carbocycles. The summed E-state index contributed by atoms with van der Waals surface area (Å²) in [5.74, 6) is 1.19. The van der Waals surface area contributed by atoms with Gasteiger partial charge >= 0.3 is 0 Å². The van der Waals surface area contributed by atoms with Crippen molar-refractivity contribution in [3.8, 4) is 0 Å². The van der Waals surface area contributed by atoms with E-state index in [1.165, 1.54) is 25.7 Å². The quantitative estimate of drug-likeness (QED) is 0.327. The van der Waals surface area contributed by atoms with Crippen LogP contribution >= 0.6 is 0 Å². The molecule has 0 heterocycles. The van der Waals surface area contributed by atoms with Gasteiger partial charge in [-0.2, -0.15) is 0 Å². The minimum absolute atomic E-state index is 0.332. The van der Waals surface area contributed by atoms with Crippen LogP contribution in [0.25, 0.3) is 0 Å². The van der Waals surface area contributed by atoms with Crippen molar-refractivity contribution < 1.29 is 4.87 Å². The molecule has 0 aromatic heterocycles. The zero-order valence-electron chi connectivity index (χ0n) is 10.8. The molecule has 16 heavy (non-hydrogen) atoms. The van der Waals surface area contributed by atoms with Gasteiger partial charge in [0.1, 0.15) is 4.87 Å². The lowest BCUT2D eigenvalue weighted by Gasteiger charge is -2.23. The summed E-state index contributed by atoms with van der Waals surface area (Å²) in [6, 6.07) is 0.332.